The molecule has 29 heavy (non-hydrogen) atoms. The maximum Gasteiger partial charge on any atom is 0.261 e. The Balaban J connectivity index is 2.18. The van der Waals surface area contributed by atoms with Gasteiger partial charge in [0.25, 0.3) is 5.91 Å². The molecule has 1 atom stereocenters. The Bertz CT molecular complexity index is 844. The first-order chi connectivity index (χ1) is 13.6. The minimum absolute atomic E-state index is 0.125. The van der Waals surface area contributed by atoms with E-state index < -0.39 is 6.04 Å². The smallest absolute Gasteiger partial charge is 0.261 e. The largest absolute Gasteiger partial charge is 0.484 e. The molecule has 0 fully saturated rings. The Kier molecular flexibility index (Phi) is 8.07. The van der Waals surface area contributed by atoms with Gasteiger partial charge in [-0.1, -0.05) is 24.3 Å². The van der Waals surface area contributed by atoms with Crippen LogP contribution in [-0.2, 0) is 16.1 Å². The fraction of sp³-hybridized carbons (Fsp3) is 0.391. The van der Waals surface area contributed by atoms with Crippen molar-refractivity contribution in [3.63, 3.8) is 0 Å². The lowest BCUT2D eigenvalue weighted by Crippen LogP contribution is -2.53. The predicted molar refractivity (Wildman–Crippen MR) is 124 cm³/mol. The Hall–Kier alpha value is -2.09. The maximum absolute atomic E-state index is 13.0. The zero-order valence-corrected chi connectivity index (χ0v) is 19.8. The van der Waals surface area contributed by atoms with E-state index in [-0.39, 0.29) is 24.0 Å². The third kappa shape index (κ3) is 7.34. The molecular weight excluding hydrogens is 479 g/mol. The van der Waals surface area contributed by atoms with Crippen molar-refractivity contribution in [1.82, 2.24) is 10.2 Å². The van der Waals surface area contributed by atoms with E-state index in [1.54, 1.807) is 11.8 Å². The monoisotopic (exact) mass is 508 g/mol. The number of hydrogen-bond donors (Lipinski definition) is 1. The van der Waals surface area contributed by atoms with Crippen LogP contribution < -0.4 is 10.1 Å². The number of nitrogens with one attached hydrogen (secondary N) is 1. The lowest BCUT2D eigenvalue weighted by Gasteiger charge is -2.31. The van der Waals surface area contributed by atoms with Crippen LogP contribution >= 0.6 is 22.6 Å². The highest BCUT2D eigenvalue weighted by Gasteiger charge is 2.28. The summed E-state index contributed by atoms with van der Waals surface area (Å²) in [6.07, 6.45) is 0. The summed E-state index contributed by atoms with van der Waals surface area (Å²) < 4.78 is 6.77. The van der Waals surface area contributed by atoms with Crippen LogP contribution in [0.1, 0.15) is 38.8 Å². The molecule has 1 N–H and O–H groups in total. The van der Waals surface area contributed by atoms with E-state index >= 15 is 0 Å². The number of halogens is 1. The molecule has 0 unspecified atom stereocenters. The predicted octanol–water partition coefficient (Wildman–Crippen LogP) is 4.31. The normalized spacial score (nSPS) is 12.2. The van der Waals surface area contributed by atoms with Crippen molar-refractivity contribution in [2.45, 2.75) is 52.7 Å². The second-order valence-corrected chi connectivity index (χ2v) is 9.35. The molecule has 0 bridgehead atoms. The average molecular weight is 508 g/mol. The molecule has 0 radical (unpaired) electrons. The molecule has 0 aromatic heterocycles. The molecule has 156 valence electrons. The molecule has 5 nitrogen and oxygen atoms in total. The Labute approximate surface area is 187 Å². The van der Waals surface area contributed by atoms with Gasteiger partial charge in [-0.2, -0.15) is 0 Å². The zero-order valence-electron chi connectivity index (χ0n) is 17.7. The van der Waals surface area contributed by atoms with E-state index in [9.17, 15) is 9.59 Å². The summed E-state index contributed by atoms with van der Waals surface area (Å²) >= 11 is 2.22. The van der Waals surface area contributed by atoms with Gasteiger partial charge in [0.2, 0.25) is 5.91 Å². The third-order valence-electron chi connectivity index (χ3n) is 4.44. The highest BCUT2D eigenvalue weighted by Crippen LogP contribution is 2.16. The number of amides is 2. The number of carbonyl (C=O) groups is 2. The van der Waals surface area contributed by atoms with Crippen molar-refractivity contribution >= 4 is 34.4 Å². The van der Waals surface area contributed by atoms with Gasteiger partial charge in [0.15, 0.2) is 6.61 Å². The van der Waals surface area contributed by atoms with Crippen molar-refractivity contribution < 1.29 is 14.3 Å². The topological polar surface area (TPSA) is 58.6 Å². The van der Waals surface area contributed by atoms with Crippen LogP contribution in [0.4, 0.5) is 0 Å². The number of nitrogens with zero attached hydrogens (tertiary/aromatic N) is 1. The second kappa shape index (κ2) is 10.1. The van der Waals surface area contributed by atoms with E-state index in [4.69, 9.17) is 4.74 Å². The molecule has 2 aromatic rings. The summed E-state index contributed by atoms with van der Waals surface area (Å²) in [4.78, 5) is 27.4. The van der Waals surface area contributed by atoms with Crippen LogP contribution in [0, 0.1) is 10.5 Å². The molecule has 2 aromatic carbocycles. The van der Waals surface area contributed by atoms with Gasteiger partial charge in [0, 0.05) is 15.7 Å². The molecule has 0 saturated carbocycles. The summed E-state index contributed by atoms with van der Waals surface area (Å²) in [6, 6.07) is 14.8. The second-order valence-electron chi connectivity index (χ2n) is 8.11. The number of carbonyl (C=O) groups excluding carboxylic acids is 2. The van der Waals surface area contributed by atoms with Gasteiger partial charge in [-0.3, -0.25) is 9.59 Å². The van der Waals surface area contributed by atoms with Crippen molar-refractivity contribution in [2.75, 3.05) is 6.61 Å². The molecule has 0 spiro atoms. The molecule has 0 saturated heterocycles. The minimum atomic E-state index is -0.623. The van der Waals surface area contributed by atoms with Gasteiger partial charge < -0.3 is 15.0 Å². The Morgan fingerprint density at radius 3 is 2.31 bits per heavy atom. The fourth-order valence-corrected chi connectivity index (χ4v) is 3.15. The van der Waals surface area contributed by atoms with Crippen LogP contribution in [0.2, 0.25) is 0 Å². The van der Waals surface area contributed by atoms with Gasteiger partial charge >= 0.3 is 0 Å². The summed E-state index contributed by atoms with van der Waals surface area (Å²) in [5, 5.41) is 2.96. The van der Waals surface area contributed by atoms with Crippen molar-refractivity contribution in [3.8, 4) is 5.75 Å². The van der Waals surface area contributed by atoms with Gasteiger partial charge in [0.05, 0.1) is 0 Å². The van der Waals surface area contributed by atoms with Crippen molar-refractivity contribution in [2.24, 2.45) is 0 Å². The van der Waals surface area contributed by atoms with Crippen molar-refractivity contribution in [3.05, 3.63) is 63.2 Å². The van der Waals surface area contributed by atoms with Crippen LogP contribution in [0.5, 0.6) is 5.75 Å². The van der Waals surface area contributed by atoms with E-state index in [1.807, 2.05) is 76.2 Å². The highest BCUT2D eigenvalue weighted by atomic mass is 127. The lowest BCUT2D eigenvalue weighted by atomic mass is 10.1. The fourth-order valence-electron chi connectivity index (χ4n) is 2.79. The van der Waals surface area contributed by atoms with Crippen LogP contribution in [0.15, 0.2) is 48.5 Å². The van der Waals surface area contributed by atoms with Crippen LogP contribution in [0.25, 0.3) is 0 Å². The standard InChI is InChI=1S/C23H29IN2O3/c1-16-8-6-7-9-18(16)14-26(17(2)22(28)25-23(3,4)5)21(27)15-29-20-12-10-19(24)11-13-20/h6-13,17H,14-15H2,1-5H3,(H,25,28)/t17-/m0/s1. The SMILES string of the molecule is Cc1ccccc1CN(C(=O)COc1ccc(I)cc1)[C@@H](C)C(=O)NC(C)(C)C. The molecule has 2 amide bonds. The third-order valence-corrected chi connectivity index (χ3v) is 5.16. The number of rotatable bonds is 7. The molecule has 6 heteroatoms. The average Bonchev–Trinajstić information content (AvgIpc) is 2.65. The van der Waals surface area contributed by atoms with Gasteiger partial charge in [0.1, 0.15) is 11.8 Å². The van der Waals surface area contributed by atoms with Crippen LogP contribution in [0.3, 0.4) is 0 Å². The zero-order chi connectivity index (χ0) is 21.6. The van der Waals surface area contributed by atoms with E-state index in [1.165, 1.54) is 0 Å². The van der Waals surface area contributed by atoms with Crippen LogP contribution in [-0.4, -0.2) is 34.9 Å². The summed E-state index contributed by atoms with van der Waals surface area (Å²) in [5.74, 6) is 0.207. The summed E-state index contributed by atoms with van der Waals surface area (Å²) in [6.45, 7) is 9.74. The Morgan fingerprint density at radius 1 is 1.10 bits per heavy atom. The first-order valence-electron chi connectivity index (χ1n) is 9.61. The molecule has 0 aliphatic carbocycles. The first kappa shape index (κ1) is 23.2. The number of ether oxygens (including phenoxy) is 1. The van der Waals surface area contributed by atoms with Gasteiger partial charge in [-0.15, -0.1) is 0 Å². The highest BCUT2D eigenvalue weighted by molar-refractivity contribution is 14.1. The maximum atomic E-state index is 13.0. The number of benzene rings is 2. The molecule has 0 aliphatic rings. The number of hydrogen-bond acceptors (Lipinski definition) is 3. The van der Waals surface area contributed by atoms with Gasteiger partial charge in [-0.25, -0.2) is 0 Å². The summed E-state index contributed by atoms with van der Waals surface area (Å²) in [7, 11) is 0. The van der Waals surface area contributed by atoms with Gasteiger partial charge in [-0.05, 0) is 92.6 Å². The minimum Gasteiger partial charge on any atom is -0.484 e. The lowest BCUT2D eigenvalue weighted by molar-refractivity contribution is -0.142. The molecular formula is C23H29IN2O3. The summed E-state index contributed by atoms with van der Waals surface area (Å²) in [5.41, 5.74) is 1.71. The molecule has 0 aliphatic heterocycles. The molecule has 0 heterocycles. The van der Waals surface area contributed by atoms with E-state index in [0.717, 1.165) is 14.7 Å². The number of aryl methyl sites for hydroxylation is 1. The first-order valence-corrected chi connectivity index (χ1v) is 10.7. The van der Waals surface area contributed by atoms with Crippen molar-refractivity contribution in [1.29, 1.82) is 0 Å². The Morgan fingerprint density at radius 2 is 1.72 bits per heavy atom. The van der Waals surface area contributed by atoms with E-state index in [2.05, 4.69) is 27.9 Å². The quantitative estimate of drug-likeness (QED) is 0.568. The van der Waals surface area contributed by atoms with E-state index in [0.29, 0.717) is 12.3 Å². The molecule has 2 rings (SSSR count).